The van der Waals surface area contributed by atoms with Gasteiger partial charge in [-0.15, -0.1) is 11.3 Å². The van der Waals surface area contributed by atoms with Gasteiger partial charge >= 0.3 is 0 Å². The summed E-state index contributed by atoms with van der Waals surface area (Å²) in [4.78, 5) is 25.5. The fourth-order valence-corrected chi connectivity index (χ4v) is 2.41. The molecule has 1 fully saturated rings. The van der Waals surface area contributed by atoms with Crippen LogP contribution in [0.5, 0.6) is 0 Å². The van der Waals surface area contributed by atoms with E-state index in [1.807, 2.05) is 4.90 Å². The van der Waals surface area contributed by atoms with Crippen molar-refractivity contribution in [2.24, 2.45) is 0 Å². The molecule has 0 aliphatic carbocycles. The van der Waals surface area contributed by atoms with Crippen molar-refractivity contribution in [3.05, 3.63) is 22.4 Å². The fraction of sp³-hybridized carbons (Fsp3) is 0.455. The van der Waals surface area contributed by atoms with Gasteiger partial charge in [-0.3, -0.25) is 25.3 Å². The van der Waals surface area contributed by atoms with Crippen molar-refractivity contribution < 1.29 is 14.7 Å². The first-order valence-electron chi connectivity index (χ1n) is 5.68. The summed E-state index contributed by atoms with van der Waals surface area (Å²) < 4.78 is 0. The molecule has 0 bridgehead atoms. The standard InChI is InChI=1S/C11H15N3O3S/c15-8-3-4-14(6-8)7-10(16)12-13-11(17)9-2-1-5-18-9/h1-2,5,8,15H,3-4,6-7H2,(H,12,16)(H,13,17)/t8-/m1/s1. The molecule has 1 aromatic heterocycles. The molecule has 1 aliphatic heterocycles. The van der Waals surface area contributed by atoms with Crippen LogP contribution in [0.15, 0.2) is 17.5 Å². The van der Waals surface area contributed by atoms with Crippen molar-refractivity contribution in [2.75, 3.05) is 19.6 Å². The van der Waals surface area contributed by atoms with Gasteiger partial charge in [0.25, 0.3) is 11.8 Å². The van der Waals surface area contributed by atoms with Crippen LogP contribution in [0.4, 0.5) is 0 Å². The minimum Gasteiger partial charge on any atom is -0.392 e. The third kappa shape index (κ3) is 3.52. The van der Waals surface area contributed by atoms with E-state index in [0.29, 0.717) is 24.4 Å². The lowest BCUT2D eigenvalue weighted by Crippen LogP contribution is -2.46. The number of likely N-dealkylation sites (tertiary alicyclic amines) is 1. The molecule has 0 aromatic carbocycles. The van der Waals surface area contributed by atoms with E-state index in [1.54, 1.807) is 17.5 Å². The molecule has 2 amide bonds. The SMILES string of the molecule is O=C(CN1CC[C@@H](O)C1)NNC(=O)c1cccs1. The molecule has 1 atom stereocenters. The Kier molecular flexibility index (Phi) is 4.29. The zero-order valence-electron chi connectivity index (χ0n) is 9.76. The van der Waals surface area contributed by atoms with E-state index in [1.165, 1.54) is 11.3 Å². The normalized spacial score (nSPS) is 19.7. The summed E-state index contributed by atoms with van der Waals surface area (Å²) in [7, 11) is 0. The number of hydrogen-bond donors (Lipinski definition) is 3. The van der Waals surface area contributed by atoms with Crippen molar-refractivity contribution in [1.82, 2.24) is 15.8 Å². The van der Waals surface area contributed by atoms with E-state index in [9.17, 15) is 14.7 Å². The molecule has 0 saturated carbocycles. The Morgan fingerprint density at radius 3 is 2.94 bits per heavy atom. The lowest BCUT2D eigenvalue weighted by atomic mass is 10.3. The summed E-state index contributed by atoms with van der Waals surface area (Å²) >= 11 is 1.31. The van der Waals surface area contributed by atoms with Gasteiger partial charge in [-0.05, 0) is 17.9 Å². The highest BCUT2D eigenvalue weighted by atomic mass is 32.1. The number of rotatable bonds is 3. The first-order chi connectivity index (χ1) is 8.65. The number of carbonyl (C=O) groups is 2. The molecule has 3 N–H and O–H groups in total. The largest absolute Gasteiger partial charge is 0.392 e. The van der Waals surface area contributed by atoms with Crippen molar-refractivity contribution in [3.8, 4) is 0 Å². The lowest BCUT2D eigenvalue weighted by molar-refractivity contribution is -0.122. The van der Waals surface area contributed by atoms with Crippen LogP contribution in [0.25, 0.3) is 0 Å². The van der Waals surface area contributed by atoms with Crippen LogP contribution in [0.1, 0.15) is 16.1 Å². The molecule has 0 spiro atoms. The Morgan fingerprint density at radius 1 is 1.50 bits per heavy atom. The Bertz CT molecular complexity index is 421. The van der Waals surface area contributed by atoms with E-state index in [0.717, 1.165) is 0 Å². The molecule has 1 saturated heterocycles. The molecule has 2 rings (SSSR count). The molecular weight excluding hydrogens is 254 g/mol. The number of β-amino-alcohol motifs (C(OH)–C–C–N with tert-alkyl or cyclic N) is 1. The highest BCUT2D eigenvalue weighted by Gasteiger charge is 2.22. The average molecular weight is 269 g/mol. The first-order valence-corrected chi connectivity index (χ1v) is 6.56. The maximum atomic E-state index is 11.5. The van der Waals surface area contributed by atoms with Crippen molar-refractivity contribution in [2.45, 2.75) is 12.5 Å². The van der Waals surface area contributed by atoms with E-state index in [-0.39, 0.29) is 24.5 Å². The maximum Gasteiger partial charge on any atom is 0.279 e. The monoisotopic (exact) mass is 269 g/mol. The Hall–Kier alpha value is -1.44. The number of aliphatic hydroxyl groups is 1. The molecule has 18 heavy (non-hydrogen) atoms. The van der Waals surface area contributed by atoms with Crippen LogP contribution < -0.4 is 10.9 Å². The van der Waals surface area contributed by atoms with Crippen LogP contribution in [0.2, 0.25) is 0 Å². The van der Waals surface area contributed by atoms with Gasteiger partial charge < -0.3 is 5.11 Å². The number of hydrogen-bond acceptors (Lipinski definition) is 5. The van der Waals surface area contributed by atoms with Gasteiger partial charge in [0.2, 0.25) is 0 Å². The number of thiophene rings is 1. The van der Waals surface area contributed by atoms with Gasteiger partial charge in [0.05, 0.1) is 17.5 Å². The number of aliphatic hydroxyl groups excluding tert-OH is 1. The molecule has 98 valence electrons. The second-order valence-corrected chi connectivity index (χ2v) is 5.10. The zero-order chi connectivity index (χ0) is 13.0. The second-order valence-electron chi connectivity index (χ2n) is 4.16. The molecule has 0 radical (unpaired) electrons. The quantitative estimate of drug-likeness (QED) is 0.651. The van der Waals surface area contributed by atoms with Crippen molar-refractivity contribution in [1.29, 1.82) is 0 Å². The predicted octanol–water partition coefficient (Wildman–Crippen LogP) is -0.424. The van der Waals surface area contributed by atoms with Gasteiger partial charge in [0.15, 0.2) is 0 Å². The molecule has 1 aromatic rings. The summed E-state index contributed by atoms with van der Waals surface area (Å²) in [6.07, 6.45) is 0.341. The highest BCUT2D eigenvalue weighted by Crippen LogP contribution is 2.08. The molecule has 2 heterocycles. The molecule has 6 nitrogen and oxygen atoms in total. The van der Waals surface area contributed by atoms with E-state index in [4.69, 9.17) is 0 Å². The Labute approximate surface area is 109 Å². The number of carbonyl (C=O) groups excluding carboxylic acids is 2. The van der Waals surface area contributed by atoms with E-state index < -0.39 is 0 Å². The predicted molar refractivity (Wildman–Crippen MR) is 67.0 cm³/mol. The Morgan fingerprint density at radius 2 is 2.33 bits per heavy atom. The van der Waals surface area contributed by atoms with Gasteiger partial charge in [0, 0.05) is 13.1 Å². The number of nitrogens with one attached hydrogen (secondary N) is 2. The topological polar surface area (TPSA) is 81.7 Å². The summed E-state index contributed by atoms with van der Waals surface area (Å²) in [5, 5.41) is 11.1. The van der Waals surface area contributed by atoms with Crippen LogP contribution in [0, 0.1) is 0 Å². The third-order valence-corrected chi connectivity index (χ3v) is 3.54. The smallest absolute Gasteiger partial charge is 0.279 e. The van der Waals surface area contributed by atoms with Gasteiger partial charge in [-0.2, -0.15) is 0 Å². The van der Waals surface area contributed by atoms with Crippen LogP contribution in [-0.4, -0.2) is 47.6 Å². The first kappa shape index (κ1) is 13.0. The van der Waals surface area contributed by atoms with Gasteiger partial charge in [-0.1, -0.05) is 6.07 Å². The Balaban J connectivity index is 1.70. The van der Waals surface area contributed by atoms with Crippen molar-refractivity contribution in [3.63, 3.8) is 0 Å². The number of hydrazine groups is 1. The lowest BCUT2D eigenvalue weighted by Gasteiger charge is -2.14. The minimum absolute atomic E-state index is 0.182. The molecular formula is C11H15N3O3S. The second kappa shape index (κ2) is 5.94. The van der Waals surface area contributed by atoms with Crippen molar-refractivity contribution >= 4 is 23.2 Å². The molecule has 1 aliphatic rings. The van der Waals surface area contributed by atoms with Crippen LogP contribution in [-0.2, 0) is 4.79 Å². The van der Waals surface area contributed by atoms with Gasteiger partial charge in [-0.25, -0.2) is 0 Å². The summed E-state index contributed by atoms with van der Waals surface area (Å²) in [5.41, 5.74) is 4.71. The highest BCUT2D eigenvalue weighted by molar-refractivity contribution is 7.12. The van der Waals surface area contributed by atoms with Crippen LogP contribution in [0.3, 0.4) is 0 Å². The number of amides is 2. The zero-order valence-corrected chi connectivity index (χ0v) is 10.6. The molecule has 7 heteroatoms. The third-order valence-electron chi connectivity index (χ3n) is 2.68. The average Bonchev–Trinajstić information content (AvgIpc) is 2.97. The molecule has 0 unspecified atom stereocenters. The van der Waals surface area contributed by atoms with E-state index >= 15 is 0 Å². The summed E-state index contributed by atoms with van der Waals surface area (Å²) in [6.45, 7) is 1.39. The van der Waals surface area contributed by atoms with Gasteiger partial charge in [0.1, 0.15) is 0 Å². The number of nitrogens with zero attached hydrogens (tertiary/aromatic N) is 1. The minimum atomic E-state index is -0.349. The maximum absolute atomic E-state index is 11.5. The van der Waals surface area contributed by atoms with E-state index in [2.05, 4.69) is 10.9 Å². The fourth-order valence-electron chi connectivity index (χ4n) is 1.79. The summed E-state index contributed by atoms with van der Waals surface area (Å²) in [6, 6.07) is 3.45. The summed E-state index contributed by atoms with van der Waals surface area (Å²) in [5.74, 6) is -0.603. The van der Waals surface area contributed by atoms with Crippen LogP contribution >= 0.6 is 11.3 Å².